The second-order valence-electron chi connectivity index (χ2n) is 5.00. The van der Waals surface area contributed by atoms with E-state index < -0.39 is 5.97 Å². The van der Waals surface area contributed by atoms with E-state index in [1.807, 2.05) is 19.1 Å². The van der Waals surface area contributed by atoms with Crippen LogP contribution in [0.4, 0.5) is 0 Å². The third-order valence-electron chi connectivity index (χ3n) is 3.16. The van der Waals surface area contributed by atoms with Crippen molar-refractivity contribution in [3.63, 3.8) is 0 Å². The maximum atomic E-state index is 12.0. The van der Waals surface area contributed by atoms with E-state index in [0.717, 1.165) is 5.56 Å². The molecule has 1 heterocycles. The molecule has 2 aromatic rings. The zero-order chi connectivity index (χ0) is 16.8. The molecule has 0 radical (unpaired) electrons. The fourth-order valence-electron chi connectivity index (χ4n) is 1.86. The van der Waals surface area contributed by atoms with Crippen LogP contribution in [0.25, 0.3) is 0 Å². The molecule has 1 aromatic heterocycles. The molecule has 0 bridgehead atoms. The number of carbonyl (C=O) groups is 3. The smallest absolute Gasteiger partial charge is 0.355 e. The number of thiazole rings is 1. The highest BCUT2D eigenvalue weighted by atomic mass is 32.1. The van der Waals surface area contributed by atoms with Gasteiger partial charge in [-0.05, 0) is 6.92 Å². The molecule has 0 saturated heterocycles. The Morgan fingerprint density at radius 1 is 1.17 bits per heavy atom. The lowest BCUT2D eigenvalue weighted by Crippen LogP contribution is -2.23. The van der Waals surface area contributed by atoms with Gasteiger partial charge in [-0.1, -0.05) is 29.8 Å². The molecule has 1 amide bonds. The Hall–Kier alpha value is -2.54. The molecular formula is C16H16N2O4S. The zero-order valence-corrected chi connectivity index (χ0v) is 13.4. The Kier molecular flexibility index (Phi) is 5.59. The van der Waals surface area contributed by atoms with Crippen molar-refractivity contribution in [1.82, 2.24) is 10.3 Å². The van der Waals surface area contributed by atoms with Crippen LogP contribution in [-0.2, 0) is 11.3 Å². The molecule has 7 heteroatoms. The third kappa shape index (κ3) is 5.00. The summed E-state index contributed by atoms with van der Waals surface area (Å²) < 4.78 is 0. The van der Waals surface area contributed by atoms with Gasteiger partial charge in [0, 0.05) is 23.8 Å². The van der Waals surface area contributed by atoms with Crippen LogP contribution in [-0.4, -0.2) is 27.8 Å². The second-order valence-corrected chi connectivity index (χ2v) is 5.94. The van der Waals surface area contributed by atoms with Crippen LogP contribution in [0.1, 0.15) is 44.3 Å². The number of aromatic nitrogens is 1. The first-order valence-electron chi connectivity index (χ1n) is 7.00. The number of carboxylic acid groups (broad SMARTS) is 1. The van der Waals surface area contributed by atoms with Gasteiger partial charge < -0.3 is 10.4 Å². The predicted molar refractivity (Wildman–Crippen MR) is 85.7 cm³/mol. The van der Waals surface area contributed by atoms with Crippen LogP contribution in [0.2, 0.25) is 0 Å². The van der Waals surface area contributed by atoms with Gasteiger partial charge in [0.25, 0.3) is 0 Å². The predicted octanol–water partition coefficient (Wildman–Crippen LogP) is 2.43. The van der Waals surface area contributed by atoms with Crippen LogP contribution in [0.3, 0.4) is 0 Å². The van der Waals surface area contributed by atoms with Gasteiger partial charge >= 0.3 is 5.97 Å². The van der Waals surface area contributed by atoms with E-state index in [2.05, 4.69) is 10.3 Å². The molecule has 0 aliphatic carbocycles. The number of amides is 1. The van der Waals surface area contributed by atoms with Crippen molar-refractivity contribution >= 4 is 29.0 Å². The first-order valence-corrected chi connectivity index (χ1v) is 7.88. The molecule has 120 valence electrons. The molecule has 0 saturated carbocycles. The van der Waals surface area contributed by atoms with Crippen LogP contribution in [0.15, 0.2) is 29.6 Å². The second kappa shape index (κ2) is 7.64. The number of benzene rings is 1. The number of Topliss-reactive ketones (excluding diaryl/α,β-unsaturated/α-hetero) is 1. The number of carbonyl (C=O) groups excluding carboxylic acids is 2. The average Bonchev–Trinajstić information content (AvgIpc) is 3.00. The number of nitrogens with one attached hydrogen (secondary N) is 1. The summed E-state index contributed by atoms with van der Waals surface area (Å²) in [4.78, 5) is 38.3. The van der Waals surface area contributed by atoms with E-state index in [4.69, 9.17) is 5.11 Å². The maximum absolute atomic E-state index is 12.0. The highest BCUT2D eigenvalue weighted by Crippen LogP contribution is 2.10. The molecule has 0 aliphatic heterocycles. The standard InChI is InChI=1S/C16H16N2O4S/c1-10-2-4-11(5-3-10)13(19)6-7-14(20)17-8-15-18-12(9-23-15)16(21)22/h2-5,9H,6-8H2,1H3,(H,17,20)(H,21,22). The number of hydrogen-bond donors (Lipinski definition) is 2. The van der Waals surface area contributed by atoms with Gasteiger partial charge in [-0.15, -0.1) is 11.3 Å². The van der Waals surface area contributed by atoms with E-state index in [1.54, 1.807) is 12.1 Å². The largest absolute Gasteiger partial charge is 0.476 e. The monoisotopic (exact) mass is 332 g/mol. The van der Waals surface area contributed by atoms with Crippen molar-refractivity contribution in [2.24, 2.45) is 0 Å². The zero-order valence-electron chi connectivity index (χ0n) is 12.5. The fraction of sp³-hybridized carbons (Fsp3) is 0.250. The highest BCUT2D eigenvalue weighted by molar-refractivity contribution is 7.09. The fourth-order valence-corrected chi connectivity index (χ4v) is 2.57. The number of aryl methyl sites for hydroxylation is 1. The summed E-state index contributed by atoms with van der Waals surface area (Å²) in [6.07, 6.45) is 0.219. The van der Waals surface area contributed by atoms with E-state index >= 15 is 0 Å². The van der Waals surface area contributed by atoms with Gasteiger partial charge in [-0.3, -0.25) is 9.59 Å². The minimum absolute atomic E-state index is 0.0335. The molecule has 0 fully saturated rings. The third-order valence-corrected chi connectivity index (χ3v) is 4.01. The van der Waals surface area contributed by atoms with Crippen molar-refractivity contribution < 1.29 is 19.5 Å². The van der Waals surface area contributed by atoms with Gasteiger partial charge in [0.15, 0.2) is 11.5 Å². The highest BCUT2D eigenvalue weighted by Gasteiger charge is 2.11. The summed E-state index contributed by atoms with van der Waals surface area (Å²) in [6, 6.07) is 7.21. The van der Waals surface area contributed by atoms with Crippen molar-refractivity contribution in [2.75, 3.05) is 0 Å². The first kappa shape index (κ1) is 16.8. The van der Waals surface area contributed by atoms with E-state index in [1.165, 1.54) is 16.7 Å². The number of ketones is 1. The van der Waals surface area contributed by atoms with Gasteiger partial charge in [-0.2, -0.15) is 0 Å². The Balaban J connectivity index is 1.77. The molecule has 2 N–H and O–H groups in total. The molecule has 0 unspecified atom stereocenters. The summed E-state index contributed by atoms with van der Waals surface area (Å²) in [5, 5.41) is 13.3. The quantitative estimate of drug-likeness (QED) is 0.759. The van der Waals surface area contributed by atoms with Crippen LogP contribution in [0, 0.1) is 6.92 Å². The molecule has 0 atom stereocenters. The van der Waals surface area contributed by atoms with E-state index in [9.17, 15) is 14.4 Å². The number of rotatable bonds is 7. The number of carboxylic acids is 1. The van der Waals surface area contributed by atoms with Crippen LogP contribution in [0.5, 0.6) is 0 Å². The number of hydrogen-bond acceptors (Lipinski definition) is 5. The Morgan fingerprint density at radius 3 is 2.48 bits per heavy atom. The van der Waals surface area contributed by atoms with Crippen LogP contribution >= 0.6 is 11.3 Å². The minimum atomic E-state index is -1.09. The Morgan fingerprint density at radius 2 is 1.87 bits per heavy atom. The lowest BCUT2D eigenvalue weighted by atomic mass is 10.1. The first-order chi connectivity index (χ1) is 11.0. The summed E-state index contributed by atoms with van der Waals surface area (Å²) in [5.74, 6) is -1.44. The normalized spacial score (nSPS) is 10.3. The van der Waals surface area contributed by atoms with E-state index in [0.29, 0.717) is 10.6 Å². The molecular weight excluding hydrogens is 316 g/mol. The maximum Gasteiger partial charge on any atom is 0.355 e. The number of aromatic carboxylic acids is 1. The molecule has 0 spiro atoms. The Bertz CT molecular complexity index is 722. The molecule has 6 nitrogen and oxygen atoms in total. The van der Waals surface area contributed by atoms with Crippen molar-refractivity contribution in [3.8, 4) is 0 Å². The molecule has 1 aromatic carbocycles. The molecule has 23 heavy (non-hydrogen) atoms. The molecule has 2 rings (SSSR count). The lowest BCUT2D eigenvalue weighted by Gasteiger charge is -2.03. The average molecular weight is 332 g/mol. The molecule has 0 aliphatic rings. The Labute approximate surface area is 137 Å². The topological polar surface area (TPSA) is 96.4 Å². The van der Waals surface area contributed by atoms with Crippen molar-refractivity contribution in [1.29, 1.82) is 0 Å². The SMILES string of the molecule is Cc1ccc(C(=O)CCC(=O)NCc2nc(C(=O)O)cs2)cc1. The van der Waals surface area contributed by atoms with Gasteiger partial charge in [0.2, 0.25) is 5.91 Å². The minimum Gasteiger partial charge on any atom is -0.476 e. The summed E-state index contributed by atoms with van der Waals surface area (Å²) >= 11 is 1.17. The summed E-state index contributed by atoms with van der Waals surface area (Å²) in [6.45, 7) is 2.10. The van der Waals surface area contributed by atoms with Crippen LogP contribution < -0.4 is 5.32 Å². The van der Waals surface area contributed by atoms with Crippen molar-refractivity contribution in [3.05, 3.63) is 51.5 Å². The van der Waals surface area contributed by atoms with Gasteiger partial charge in [-0.25, -0.2) is 9.78 Å². The van der Waals surface area contributed by atoms with E-state index in [-0.39, 0.29) is 36.8 Å². The number of nitrogens with zero attached hydrogens (tertiary/aromatic N) is 1. The van der Waals surface area contributed by atoms with Crippen molar-refractivity contribution in [2.45, 2.75) is 26.3 Å². The van der Waals surface area contributed by atoms with Gasteiger partial charge in [0.05, 0.1) is 6.54 Å². The lowest BCUT2D eigenvalue weighted by molar-refractivity contribution is -0.121. The summed E-state index contributed by atoms with van der Waals surface area (Å²) in [7, 11) is 0. The van der Waals surface area contributed by atoms with Gasteiger partial charge in [0.1, 0.15) is 5.01 Å². The summed E-state index contributed by atoms with van der Waals surface area (Å²) in [5.41, 5.74) is 1.63.